The summed E-state index contributed by atoms with van der Waals surface area (Å²) in [6.07, 6.45) is 4.76. The Bertz CT molecular complexity index is 499. The maximum absolute atomic E-state index is 12.1. The Morgan fingerprint density at radius 3 is 2.08 bits per heavy atom. The highest BCUT2D eigenvalue weighted by molar-refractivity contribution is 5.72. The molecule has 0 aliphatic heterocycles. The van der Waals surface area contributed by atoms with E-state index in [9.17, 15) is 9.59 Å². The van der Waals surface area contributed by atoms with Crippen LogP contribution in [0.25, 0.3) is 0 Å². The summed E-state index contributed by atoms with van der Waals surface area (Å²) < 4.78 is 10.6. The summed E-state index contributed by atoms with van der Waals surface area (Å²) in [5, 5.41) is 0. The number of carbonyl (C=O) groups excluding carboxylic acids is 2. The third-order valence-electron chi connectivity index (χ3n) is 3.86. The molecule has 0 N–H and O–H groups in total. The van der Waals surface area contributed by atoms with Gasteiger partial charge in [-0.1, -0.05) is 65.5 Å². The van der Waals surface area contributed by atoms with E-state index in [1.807, 2.05) is 12.1 Å². The molecule has 0 fully saturated rings. The van der Waals surface area contributed by atoms with Crippen molar-refractivity contribution >= 4 is 11.9 Å². The molecule has 1 aromatic rings. The molecule has 1 rings (SSSR count). The van der Waals surface area contributed by atoms with E-state index in [2.05, 4.69) is 13.8 Å². The zero-order chi connectivity index (χ0) is 17.9. The average molecular weight is 334 g/mol. The van der Waals surface area contributed by atoms with Crippen LogP contribution in [0.4, 0.5) is 0 Å². The summed E-state index contributed by atoms with van der Waals surface area (Å²) in [7, 11) is 0. The molecule has 0 saturated heterocycles. The first-order chi connectivity index (χ1) is 11.5. The molecule has 0 amide bonds. The smallest absolute Gasteiger partial charge is 0.311 e. The van der Waals surface area contributed by atoms with Crippen LogP contribution < -0.4 is 4.74 Å². The molecule has 0 atom stereocenters. The van der Waals surface area contributed by atoms with Gasteiger partial charge in [-0.15, -0.1) is 0 Å². The molecular weight excluding hydrogens is 304 g/mol. The number of hydrogen-bond donors (Lipinski definition) is 0. The van der Waals surface area contributed by atoms with Crippen molar-refractivity contribution < 1.29 is 19.1 Å². The SMILES string of the molecule is CCCC(CCC)CC(=O)Oc1ccc(COC(=O)C(C)C)cc1. The first-order valence-corrected chi connectivity index (χ1v) is 8.92. The van der Waals surface area contributed by atoms with E-state index < -0.39 is 0 Å². The molecular formula is C20H30O4. The van der Waals surface area contributed by atoms with Gasteiger partial charge in [0.25, 0.3) is 0 Å². The number of ether oxygens (including phenoxy) is 2. The molecule has 0 saturated carbocycles. The lowest BCUT2D eigenvalue weighted by atomic mass is 9.95. The fourth-order valence-corrected chi connectivity index (χ4v) is 2.55. The fraction of sp³-hybridized carbons (Fsp3) is 0.600. The Balaban J connectivity index is 2.48. The molecule has 0 aliphatic carbocycles. The lowest BCUT2D eigenvalue weighted by Gasteiger charge is -2.14. The fourth-order valence-electron chi connectivity index (χ4n) is 2.55. The highest BCUT2D eigenvalue weighted by atomic mass is 16.5. The lowest BCUT2D eigenvalue weighted by Crippen LogP contribution is -2.14. The van der Waals surface area contributed by atoms with Gasteiger partial charge < -0.3 is 9.47 Å². The van der Waals surface area contributed by atoms with Crippen LogP contribution in [0.3, 0.4) is 0 Å². The molecule has 134 valence electrons. The molecule has 0 radical (unpaired) electrons. The maximum Gasteiger partial charge on any atom is 0.311 e. The average Bonchev–Trinajstić information content (AvgIpc) is 2.54. The summed E-state index contributed by atoms with van der Waals surface area (Å²) in [6.45, 7) is 8.11. The van der Waals surface area contributed by atoms with Gasteiger partial charge in [0.2, 0.25) is 0 Å². The van der Waals surface area contributed by atoms with E-state index in [4.69, 9.17) is 9.47 Å². The first-order valence-electron chi connectivity index (χ1n) is 8.92. The predicted octanol–water partition coefficient (Wildman–Crippen LogP) is 4.90. The van der Waals surface area contributed by atoms with Crippen LogP contribution in [0, 0.1) is 11.8 Å². The molecule has 0 aromatic heterocycles. The topological polar surface area (TPSA) is 52.6 Å². The zero-order valence-corrected chi connectivity index (χ0v) is 15.3. The van der Waals surface area contributed by atoms with Crippen molar-refractivity contribution in [2.45, 2.75) is 66.4 Å². The van der Waals surface area contributed by atoms with Crippen LogP contribution >= 0.6 is 0 Å². The third-order valence-corrected chi connectivity index (χ3v) is 3.86. The maximum atomic E-state index is 12.1. The highest BCUT2D eigenvalue weighted by Gasteiger charge is 2.14. The number of benzene rings is 1. The van der Waals surface area contributed by atoms with E-state index in [1.165, 1.54) is 0 Å². The normalized spacial score (nSPS) is 10.9. The molecule has 0 spiro atoms. The summed E-state index contributed by atoms with van der Waals surface area (Å²) in [5.41, 5.74) is 0.874. The second-order valence-electron chi connectivity index (χ2n) is 6.53. The molecule has 1 aromatic carbocycles. The van der Waals surface area contributed by atoms with Crippen LogP contribution in [0.2, 0.25) is 0 Å². The van der Waals surface area contributed by atoms with Crippen molar-refractivity contribution in [2.75, 3.05) is 0 Å². The lowest BCUT2D eigenvalue weighted by molar-refractivity contribution is -0.148. The van der Waals surface area contributed by atoms with Crippen LogP contribution in [0.5, 0.6) is 5.75 Å². The largest absolute Gasteiger partial charge is 0.461 e. The quantitative estimate of drug-likeness (QED) is 0.451. The van der Waals surface area contributed by atoms with Gasteiger partial charge in [-0.05, 0) is 23.6 Å². The Morgan fingerprint density at radius 2 is 1.58 bits per heavy atom. The monoisotopic (exact) mass is 334 g/mol. The van der Waals surface area contributed by atoms with E-state index in [0.717, 1.165) is 31.2 Å². The van der Waals surface area contributed by atoms with Gasteiger partial charge in [-0.25, -0.2) is 0 Å². The molecule has 0 unspecified atom stereocenters. The Hall–Kier alpha value is -1.84. The molecule has 4 heteroatoms. The van der Waals surface area contributed by atoms with Crippen molar-refractivity contribution in [3.8, 4) is 5.75 Å². The van der Waals surface area contributed by atoms with Gasteiger partial charge in [-0.2, -0.15) is 0 Å². The van der Waals surface area contributed by atoms with Crippen molar-refractivity contribution in [1.82, 2.24) is 0 Å². The second kappa shape index (κ2) is 10.8. The van der Waals surface area contributed by atoms with Crippen LogP contribution in [0.15, 0.2) is 24.3 Å². The number of hydrogen-bond acceptors (Lipinski definition) is 4. The van der Waals surface area contributed by atoms with Gasteiger partial charge in [0.1, 0.15) is 12.4 Å². The summed E-state index contributed by atoms with van der Waals surface area (Å²) in [5.74, 6) is 0.404. The van der Waals surface area contributed by atoms with Crippen molar-refractivity contribution in [2.24, 2.45) is 11.8 Å². The van der Waals surface area contributed by atoms with E-state index in [-0.39, 0.29) is 24.5 Å². The summed E-state index contributed by atoms with van der Waals surface area (Å²) in [6, 6.07) is 7.10. The van der Waals surface area contributed by atoms with E-state index in [0.29, 0.717) is 18.1 Å². The number of esters is 2. The van der Waals surface area contributed by atoms with Gasteiger partial charge in [0, 0.05) is 6.42 Å². The zero-order valence-electron chi connectivity index (χ0n) is 15.3. The van der Waals surface area contributed by atoms with E-state index in [1.54, 1.807) is 26.0 Å². The summed E-state index contributed by atoms with van der Waals surface area (Å²) in [4.78, 5) is 23.5. The van der Waals surface area contributed by atoms with Crippen LogP contribution in [-0.2, 0) is 20.9 Å². The van der Waals surface area contributed by atoms with Crippen LogP contribution in [0.1, 0.15) is 65.4 Å². The highest BCUT2D eigenvalue weighted by Crippen LogP contribution is 2.20. The Labute approximate surface area is 145 Å². The molecule has 24 heavy (non-hydrogen) atoms. The van der Waals surface area contributed by atoms with Crippen molar-refractivity contribution in [3.05, 3.63) is 29.8 Å². The number of rotatable bonds is 10. The minimum absolute atomic E-state index is 0.135. The van der Waals surface area contributed by atoms with Gasteiger partial charge >= 0.3 is 11.9 Å². The molecule has 0 heterocycles. The van der Waals surface area contributed by atoms with Gasteiger partial charge in [-0.3, -0.25) is 9.59 Å². The minimum Gasteiger partial charge on any atom is -0.461 e. The van der Waals surface area contributed by atoms with Gasteiger partial charge in [0.15, 0.2) is 0 Å². The second-order valence-corrected chi connectivity index (χ2v) is 6.53. The molecule has 0 aliphatic rings. The third kappa shape index (κ3) is 7.62. The molecule has 4 nitrogen and oxygen atoms in total. The molecule has 0 bridgehead atoms. The van der Waals surface area contributed by atoms with Crippen molar-refractivity contribution in [1.29, 1.82) is 0 Å². The Kier molecular flexibility index (Phi) is 9.13. The first kappa shape index (κ1) is 20.2. The minimum atomic E-state index is -0.219. The van der Waals surface area contributed by atoms with Crippen molar-refractivity contribution in [3.63, 3.8) is 0 Å². The Morgan fingerprint density at radius 1 is 1.00 bits per heavy atom. The van der Waals surface area contributed by atoms with Gasteiger partial charge in [0.05, 0.1) is 5.92 Å². The summed E-state index contributed by atoms with van der Waals surface area (Å²) >= 11 is 0. The van der Waals surface area contributed by atoms with Crippen LogP contribution in [-0.4, -0.2) is 11.9 Å². The standard InChI is InChI=1S/C20H30O4/c1-5-7-16(8-6-2)13-19(21)24-18-11-9-17(10-12-18)14-23-20(22)15(3)4/h9-12,15-16H,5-8,13-14H2,1-4H3. The predicted molar refractivity (Wildman–Crippen MR) is 94.6 cm³/mol. The van der Waals surface area contributed by atoms with E-state index >= 15 is 0 Å². The number of carbonyl (C=O) groups is 2.